The smallest absolute Gasteiger partial charge is 0.260 e. The van der Waals surface area contributed by atoms with Gasteiger partial charge in [-0.3, -0.25) is 14.6 Å². The summed E-state index contributed by atoms with van der Waals surface area (Å²) in [5.74, 6) is 1.40. The first-order chi connectivity index (χ1) is 14.5. The van der Waals surface area contributed by atoms with Crippen molar-refractivity contribution in [3.63, 3.8) is 0 Å². The van der Waals surface area contributed by atoms with Gasteiger partial charge in [-0.15, -0.1) is 0 Å². The van der Waals surface area contributed by atoms with E-state index in [2.05, 4.69) is 11.9 Å². The van der Waals surface area contributed by atoms with E-state index >= 15 is 0 Å². The molecule has 1 aromatic carbocycles. The summed E-state index contributed by atoms with van der Waals surface area (Å²) in [6.45, 7) is 6.01. The van der Waals surface area contributed by atoms with Crippen LogP contribution in [0.3, 0.4) is 0 Å². The second kappa shape index (κ2) is 8.30. The van der Waals surface area contributed by atoms with E-state index in [9.17, 15) is 9.59 Å². The molecular formula is C24H27N3O3. The molecule has 0 saturated carbocycles. The molecule has 1 saturated heterocycles. The second-order valence-corrected chi connectivity index (χ2v) is 8.13. The maximum Gasteiger partial charge on any atom is 0.260 e. The van der Waals surface area contributed by atoms with Crippen molar-refractivity contribution in [1.29, 1.82) is 0 Å². The summed E-state index contributed by atoms with van der Waals surface area (Å²) in [5, 5.41) is 0.477. The average Bonchev–Trinajstić information content (AvgIpc) is 2.76. The lowest BCUT2D eigenvalue weighted by atomic mass is 9.98. The summed E-state index contributed by atoms with van der Waals surface area (Å²) in [4.78, 5) is 32.7. The number of carbonyl (C=O) groups excluding carboxylic acids is 1. The maximum absolute atomic E-state index is 13.1. The van der Waals surface area contributed by atoms with E-state index in [1.54, 1.807) is 23.9 Å². The van der Waals surface area contributed by atoms with Crippen LogP contribution in [0.5, 0.6) is 5.75 Å². The molecule has 0 unspecified atom stereocenters. The number of benzene rings is 1. The SMILES string of the molecule is COc1ccc(Cn2ccc3nc(C)c(C(=O)N4CCC(C)CC4)cc3c2=O)cc1. The van der Waals surface area contributed by atoms with Crippen LogP contribution in [0, 0.1) is 12.8 Å². The van der Waals surface area contributed by atoms with Crippen molar-refractivity contribution in [3.05, 3.63) is 69.8 Å². The number of aromatic nitrogens is 2. The second-order valence-electron chi connectivity index (χ2n) is 8.13. The molecule has 0 N–H and O–H groups in total. The van der Waals surface area contributed by atoms with Crippen LogP contribution in [-0.2, 0) is 6.54 Å². The Morgan fingerprint density at radius 3 is 2.53 bits per heavy atom. The van der Waals surface area contributed by atoms with Gasteiger partial charge in [0.25, 0.3) is 11.5 Å². The van der Waals surface area contributed by atoms with Crippen molar-refractivity contribution in [3.8, 4) is 5.75 Å². The highest BCUT2D eigenvalue weighted by Crippen LogP contribution is 2.21. The van der Waals surface area contributed by atoms with Crippen molar-refractivity contribution in [2.24, 2.45) is 5.92 Å². The van der Waals surface area contributed by atoms with Crippen molar-refractivity contribution in [2.75, 3.05) is 20.2 Å². The third-order valence-corrected chi connectivity index (χ3v) is 5.96. The Bertz CT molecular complexity index is 1130. The molecule has 3 heterocycles. The van der Waals surface area contributed by atoms with Crippen molar-refractivity contribution >= 4 is 16.8 Å². The molecule has 0 bridgehead atoms. The number of likely N-dealkylation sites (tertiary alicyclic amines) is 1. The van der Waals surface area contributed by atoms with Crippen LogP contribution in [0.2, 0.25) is 0 Å². The van der Waals surface area contributed by atoms with Gasteiger partial charge < -0.3 is 14.2 Å². The zero-order valence-corrected chi connectivity index (χ0v) is 17.7. The quantitative estimate of drug-likeness (QED) is 0.665. The molecular weight excluding hydrogens is 378 g/mol. The first-order valence-corrected chi connectivity index (χ1v) is 10.4. The standard InChI is InChI=1S/C24H27N3O3/c1-16-8-11-26(12-9-16)23(28)20-14-21-22(25-17(20)2)10-13-27(24(21)29)15-18-4-6-19(30-3)7-5-18/h4-7,10,13-14,16H,8-9,11-12,15H2,1-3H3. The Hall–Kier alpha value is -3.15. The first-order valence-electron chi connectivity index (χ1n) is 10.4. The van der Waals surface area contributed by atoms with Gasteiger partial charge in [0.2, 0.25) is 0 Å². The van der Waals surface area contributed by atoms with Gasteiger partial charge in [0.1, 0.15) is 5.75 Å². The van der Waals surface area contributed by atoms with E-state index in [1.807, 2.05) is 42.2 Å². The van der Waals surface area contributed by atoms with Crippen LogP contribution in [0.15, 0.2) is 47.4 Å². The van der Waals surface area contributed by atoms with Crippen LogP contribution in [0.1, 0.15) is 41.4 Å². The Morgan fingerprint density at radius 1 is 1.17 bits per heavy atom. The summed E-state index contributed by atoms with van der Waals surface area (Å²) < 4.78 is 6.84. The van der Waals surface area contributed by atoms with E-state index in [1.165, 1.54) is 0 Å². The number of aryl methyl sites for hydroxylation is 1. The lowest BCUT2D eigenvalue weighted by Crippen LogP contribution is -2.38. The Morgan fingerprint density at radius 2 is 1.87 bits per heavy atom. The number of methoxy groups -OCH3 is 1. The van der Waals surface area contributed by atoms with Crippen LogP contribution in [0.25, 0.3) is 10.9 Å². The zero-order valence-electron chi connectivity index (χ0n) is 17.7. The molecule has 0 aliphatic carbocycles. The summed E-state index contributed by atoms with van der Waals surface area (Å²) in [6, 6.07) is 11.2. The number of carbonyl (C=O) groups is 1. The van der Waals surface area contributed by atoms with Gasteiger partial charge in [-0.2, -0.15) is 0 Å². The Balaban J connectivity index is 1.67. The van der Waals surface area contributed by atoms with E-state index < -0.39 is 0 Å². The van der Waals surface area contributed by atoms with Gasteiger partial charge in [-0.25, -0.2) is 0 Å². The fourth-order valence-electron chi connectivity index (χ4n) is 3.96. The molecule has 0 radical (unpaired) electrons. The summed E-state index contributed by atoms with van der Waals surface area (Å²) in [5.41, 5.74) is 2.66. The number of amides is 1. The van der Waals surface area contributed by atoms with E-state index in [-0.39, 0.29) is 11.5 Å². The van der Waals surface area contributed by atoms with Crippen LogP contribution < -0.4 is 10.3 Å². The minimum atomic E-state index is -0.142. The van der Waals surface area contributed by atoms with Gasteiger partial charge in [0.05, 0.1) is 35.8 Å². The number of ether oxygens (including phenoxy) is 1. The monoisotopic (exact) mass is 405 g/mol. The molecule has 4 rings (SSSR count). The normalized spacial score (nSPS) is 14.8. The van der Waals surface area contributed by atoms with Crippen LogP contribution in [0.4, 0.5) is 0 Å². The Labute approximate surface area is 176 Å². The number of hydrogen-bond acceptors (Lipinski definition) is 4. The van der Waals surface area contributed by atoms with Crippen molar-refractivity contribution in [1.82, 2.24) is 14.5 Å². The maximum atomic E-state index is 13.1. The molecule has 30 heavy (non-hydrogen) atoms. The summed E-state index contributed by atoms with van der Waals surface area (Å²) >= 11 is 0. The van der Waals surface area contributed by atoms with Crippen LogP contribution >= 0.6 is 0 Å². The third kappa shape index (κ3) is 3.95. The number of nitrogens with zero attached hydrogens (tertiary/aromatic N) is 3. The molecule has 1 amide bonds. The lowest BCUT2D eigenvalue weighted by Gasteiger charge is -2.30. The molecule has 3 aromatic rings. The molecule has 6 heteroatoms. The summed E-state index contributed by atoms with van der Waals surface area (Å²) in [7, 11) is 1.63. The zero-order chi connectivity index (χ0) is 21.3. The number of rotatable bonds is 4. The average molecular weight is 405 g/mol. The van der Waals surface area contributed by atoms with E-state index in [4.69, 9.17) is 4.74 Å². The van der Waals surface area contributed by atoms with Gasteiger partial charge in [0.15, 0.2) is 0 Å². The minimum absolute atomic E-state index is 0.0289. The van der Waals surface area contributed by atoms with Gasteiger partial charge >= 0.3 is 0 Å². The van der Waals surface area contributed by atoms with E-state index in [0.717, 1.165) is 37.2 Å². The minimum Gasteiger partial charge on any atom is -0.497 e. The number of hydrogen-bond donors (Lipinski definition) is 0. The first kappa shape index (κ1) is 20.1. The Kier molecular flexibility index (Phi) is 5.57. The highest BCUT2D eigenvalue weighted by atomic mass is 16.5. The molecule has 6 nitrogen and oxygen atoms in total. The fourth-order valence-corrected chi connectivity index (χ4v) is 3.96. The predicted molar refractivity (Wildman–Crippen MR) is 117 cm³/mol. The molecule has 156 valence electrons. The number of pyridine rings is 2. The predicted octanol–water partition coefficient (Wildman–Crippen LogP) is 3.63. The molecule has 0 spiro atoms. The largest absolute Gasteiger partial charge is 0.497 e. The van der Waals surface area contributed by atoms with Crippen molar-refractivity contribution in [2.45, 2.75) is 33.2 Å². The third-order valence-electron chi connectivity index (χ3n) is 5.96. The molecule has 1 aliphatic rings. The molecule has 1 aliphatic heterocycles. The van der Waals surface area contributed by atoms with Gasteiger partial charge in [-0.05, 0) is 55.5 Å². The lowest BCUT2D eigenvalue weighted by molar-refractivity contribution is 0.0696. The number of piperidine rings is 1. The fraction of sp³-hybridized carbons (Fsp3) is 0.375. The van der Waals surface area contributed by atoms with Gasteiger partial charge in [0, 0.05) is 19.3 Å². The van der Waals surface area contributed by atoms with Crippen LogP contribution in [-0.4, -0.2) is 40.6 Å². The van der Waals surface area contributed by atoms with Crippen molar-refractivity contribution < 1.29 is 9.53 Å². The summed E-state index contributed by atoms with van der Waals surface area (Å²) in [6.07, 6.45) is 3.79. The van der Waals surface area contributed by atoms with Gasteiger partial charge in [-0.1, -0.05) is 19.1 Å². The molecule has 2 aromatic heterocycles. The molecule has 1 fully saturated rings. The molecule has 0 atom stereocenters. The van der Waals surface area contributed by atoms with E-state index in [0.29, 0.717) is 34.6 Å². The highest BCUT2D eigenvalue weighted by molar-refractivity contribution is 5.98. The topological polar surface area (TPSA) is 64.4 Å². The highest BCUT2D eigenvalue weighted by Gasteiger charge is 2.23. The number of fused-ring (bicyclic) bond motifs is 1.